The molecule has 1 aromatic rings. The number of nitrogens with zero attached hydrogens (tertiary/aromatic N) is 1. The lowest BCUT2D eigenvalue weighted by molar-refractivity contribution is 0.0803. The van der Waals surface area contributed by atoms with Crippen molar-refractivity contribution in [3.05, 3.63) is 35.4 Å². The van der Waals surface area contributed by atoms with Crippen molar-refractivity contribution in [2.45, 2.75) is 0 Å². The Labute approximate surface area is 118 Å². The van der Waals surface area contributed by atoms with Crippen LogP contribution in [-0.4, -0.2) is 49.8 Å². The molecule has 0 fully saturated rings. The lowest BCUT2D eigenvalue weighted by atomic mass is 10.1. The van der Waals surface area contributed by atoms with Gasteiger partial charge >= 0.3 is 0 Å². The molecule has 5 nitrogen and oxygen atoms in total. The molecule has 0 saturated carbocycles. The molecule has 0 aliphatic carbocycles. The van der Waals surface area contributed by atoms with E-state index in [1.807, 2.05) is 0 Å². The summed E-state index contributed by atoms with van der Waals surface area (Å²) in [7, 11) is -1.52. The number of thiocarbonyl (C=S) groups is 1. The number of benzene rings is 1. The Morgan fingerprint density at radius 1 is 1.26 bits per heavy atom. The monoisotopic (exact) mass is 300 g/mol. The van der Waals surface area contributed by atoms with Crippen molar-refractivity contribution in [1.29, 1.82) is 0 Å². The van der Waals surface area contributed by atoms with Crippen LogP contribution in [0.3, 0.4) is 0 Å². The van der Waals surface area contributed by atoms with Crippen molar-refractivity contribution < 1.29 is 13.2 Å². The maximum absolute atomic E-state index is 12.0. The number of hydrogen-bond acceptors (Lipinski definition) is 4. The fourth-order valence-corrected chi connectivity index (χ4v) is 2.14. The SMILES string of the molecule is CN(CCS(C)(=O)=O)C(=O)c1ccc(C(N)=S)cc1. The third kappa shape index (κ3) is 4.96. The minimum absolute atomic E-state index is 0.0553. The van der Waals surface area contributed by atoms with Gasteiger partial charge in [-0.2, -0.15) is 0 Å². The zero-order valence-electron chi connectivity index (χ0n) is 10.8. The van der Waals surface area contributed by atoms with E-state index in [1.165, 1.54) is 4.90 Å². The van der Waals surface area contributed by atoms with E-state index < -0.39 is 9.84 Å². The Kier molecular flexibility index (Phi) is 5.02. The molecule has 0 aliphatic heterocycles. The van der Waals surface area contributed by atoms with Crippen molar-refractivity contribution in [3.8, 4) is 0 Å². The maximum atomic E-state index is 12.0. The maximum Gasteiger partial charge on any atom is 0.253 e. The van der Waals surface area contributed by atoms with Gasteiger partial charge in [0.05, 0.1) is 5.75 Å². The van der Waals surface area contributed by atoms with E-state index in [1.54, 1.807) is 31.3 Å². The number of carbonyl (C=O) groups is 1. The standard InChI is InChI=1S/C12H16N2O3S2/c1-14(7-8-19(2,16)17)12(15)10-5-3-9(4-6-10)11(13)18/h3-6H,7-8H2,1-2H3,(H2,13,18). The zero-order chi connectivity index (χ0) is 14.6. The Morgan fingerprint density at radius 2 is 1.74 bits per heavy atom. The van der Waals surface area contributed by atoms with Crippen LogP contribution in [0.5, 0.6) is 0 Å². The quantitative estimate of drug-likeness (QED) is 0.798. The number of carbonyl (C=O) groups excluding carboxylic acids is 1. The molecule has 1 aromatic carbocycles. The fraction of sp³-hybridized carbons (Fsp3) is 0.333. The molecule has 19 heavy (non-hydrogen) atoms. The lowest BCUT2D eigenvalue weighted by Crippen LogP contribution is -2.31. The topological polar surface area (TPSA) is 80.5 Å². The van der Waals surface area contributed by atoms with Gasteiger partial charge in [-0.25, -0.2) is 8.42 Å². The van der Waals surface area contributed by atoms with Crippen LogP contribution in [0.25, 0.3) is 0 Å². The predicted molar refractivity (Wildman–Crippen MR) is 79.0 cm³/mol. The highest BCUT2D eigenvalue weighted by molar-refractivity contribution is 7.90. The summed E-state index contributed by atoms with van der Waals surface area (Å²) >= 11 is 4.82. The van der Waals surface area contributed by atoms with Crippen LogP contribution < -0.4 is 5.73 Å². The number of amides is 1. The van der Waals surface area contributed by atoms with Crippen LogP contribution in [-0.2, 0) is 9.84 Å². The summed E-state index contributed by atoms with van der Waals surface area (Å²) in [6, 6.07) is 6.57. The van der Waals surface area contributed by atoms with Crippen LogP contribution in [0.1, 0.15) is 15.9 Å². The number of rotatable bonds is 5. The molecule has 0 unspecified atom stereocenters. The first-order chi connectivity index (χ1) is 8.70. The van der Waals surface area contributed by atoms with Crippen LogP contribution in [0.2, 0.25) is 0 Å². The van der Waals surface area contributed by atoms with E-state index in [9.17, 15) is 13.2 Å². The molecule has 0 spiro atoms. The van der Waals surface area contributed by atoms with E-state index >= 15 is 0 Å². The molecule has 0 radical (unpaired) electrons. The van der Waals surface area contributed by atoms with Gasteiger partial charge in [0.25, 0.3) is 5.91 Å². The Bertz CT molecular complexity index is 579. The van der Waals surface area contributed by atoms with Gasteiger partial charge in [0.1, 0.15) is 14.8 Å². The first-order valence-electron chi connectivity index (χ1n) is 5.54. The van der Waals surface area contributed by atoms with E-state index in [0.717, 1.165) is 6.26 Å². The summed E-state index contributed by atoms with van der Waals surface area (Å²) < 4.78 is 22.1. The summed E-state index contributed by atoms with van der Waals surface area (Å²) in [6.45, 7) is 0.161. The van der Waals surface area contributed by atoms with Gasteiger partial charge in [0, 0.05) is 31.0 Å². The van der Waals surface area contributed by atoms with Crippen molar-refractivity contribution in [1.82, 2.24) is 4.90 Å². The van der Waals surface area contributed by atoms with Gasteiger partial charge in [0.15, 0.2) is 0 Å². The average Bonchev–Trinajstić information content (AvgIpc) is 2.34. The van der Waals surface area contributed by atoms with Crippen molar-refractivity contribution in [2.75, 3.05) is 25.6 Å². The minimum atomic E-state index is -3.08. The number of nitrogens with two attached hydrogens (primary N) is 1. The van der Waals surface area contributed by atoms with E-state index in [4.69, 9.17) is 18.0 Å². The van der Waals surface area contributed by atoms with Gasteiger partial charge in [-0.3, -0.25) is 4.79 Å². The smallest absolute Gasteiger partial charge is 0.253 e. The van der Waals surface area contributed by atoms with Crippen LogP contribution in [0, 0.1) is 0 Å². The van der Waals surface area contributed by atoms with Gasteiger partial charge in [-0.05, 0) is 12.1 Å². The van der Waals surface area contributed by atoms with Gasteiger partial charge < -0.3 is 10.6 Å². The van der Waals surface area contributed by atoms with Gasteiger partial charge in [0.2, 0.25) is 0 Å². The van der Waals surface area contributed by atoms with Gasteiger partial charge in [-0.1, -0.05) is 24.4 Å². The van der Waals surface area contributed by atoms with Crippen molar-refractivity contribution in [3.63, 3.8) is 0 Å². The summed E-state index contributed by atoms with van der Waals surface area (Å²) in [5.41, 5.74) is 6.62. The first kappa shape index (κ1) is 15.6. The molecule has 104 valence electrons. The second-order valence-electron chi connectivity index (χ2n) is 4.30. The molecule has 0 aliphatic rings. The number of hydrogen-bond donors (Lipinski definition) is 1. The summed E-state index contributed by atoms with van der Waals surface area (Å²) in [6.07, 6.45) is 1.14. The first-order valence-corrected chi connectivity index (χ1v) is 8.00. The molecule has 0 atom stereocenters. The highest BCUT2D eigenvalue weighted by Crippen LogP contribution is 2.07. The molecule has 0 saturated heterocycles. The molecule has 1 rings (SSSR count). The van der Waals surface area contributed by atoms with Crippen LogP contribution >= 0.6 is 12.2 Å². The second-order valence-corrected chi connectivity index (χ2v) is 7.00. The molecule has 0 aromatic heterocycles. The summed E-state index contributed by atoms with van der Waals surface area (Å²) in [5, 5.41) is 0. The van der Waals surface area contributed by atoms with Crippen molar-refractivity contribution in [2.24, 2.45) is 5.73 Å². The average molecular weight is 300 g/mol. The molecular weight excluding hydrogens is 284 g/mol. The Morgan fingerprint density at radius 3 is 2.16 bits per heavy atom. The molecule has 0 heterocycles. The largest absolute Gasteiger partial charge is 0.389 e. The van der Waals surface area contributed by atoms with E-state index in [-0.39, 0.29) is 23.2 Å². The van der Waals surface area contributed by atoms with Crippen LogP contribution in [0.4, 0.5) is 0 Å². The molecule has 0 bridgehead atoms. The minimum Gasteiger partial charge on any atom is -0.389 e. The van der Waals surface area contributed by atoms with Crippen LogP contribution in [0.15, 0.2) is 24.3 Å². The second kappa shape index (κ2) is 6.12. The van der Waals surface area contributed by atoms with Crippen molar-refractivity contribution >= 4 is 33.0 Å². The number of sulfone groups is 1. The summed E-state index contributed by atoms with van der Waals surface area (Å²) in [5.74, 6) is -0.293. The normalized spacial score (nSPS) is 11.1. The predicted octanol–water partition coefficient (Wildman–Crippen LogP) is 0.437. The Balaban J connectivity index is 2.74. The molecule has 7 heteroatoms. The molecule has 1 amide bonds. The lowest BCUT2D eigenvalue weighted by Gasteiger charge is -2.16. The molecule has 2 N–H and O–H groups in total. The summed E-state index contributed by atoms with van der Waals surface area (Å²) in [4.78, 5) is 13.6. The van der Waals surface area contributed by atoms with E-state index in [0.29, 0.717) is 11.1 Å². The third-order valence-electron chi connectivity index (χ3n) is 2.56. The van der Waals surface area contributed by atoms with E-state index in [2.05, 4.69) is 0 Å². The fourth-order valence-electron chi connectivity index (χ4n) is 1.40. The molecular formula is C12H16N2O3S2. The highest BCUT2D eigenvalue weighted by atomic mass is 32.2. The highest BCUT2D eigenvalue weighted by Gasteiger charge is 2.13. The zero-order valence-corrected chi connectivity index (χ0v) is 12.4. The Hall–Kier alpha value is -1.47. The van der Waals surface area contributed by atoms with Gasteiger partial charge in [-0.15, -0.1) is 0 Å². The third-order valence-corrected chi connectivity index (χ3v) is 3.72.